The second-order valence-electron chi connectivity index (χ2n) is 2.04. The van der Waals surface area contributed by atoms with E-state index in [2.05, 4.69) is 11.1 Å². The highest BCUT2D eigenvalue weighted by Crippen LogP contribution is 2.35. The highest BCUT2D eigenvalue weighted by atomic mass is 31.2. The molecule has 0 radical (unpaired) electrons. The zero-order valence-electron chi connectivity index (χ0n) is 6.68. The van der Waals surface area contributed by atoms with Crippen molar-refractivity contribution >= 4 is 7.82 Å². The first-order chi connectivity index (χ1) is 5.56. The van der Waals surface area contributed by atoms with E-state index >= 15 is 0 Å². The molecule has 0 aliphatic rings. The lowest BCUT2D eigenvalue weighted by molar-refractivity contribution is 0.130. The Morgan fingerprint density at radius 1 is 1.42 bits per heavy atom. The molecule has 0 aliphatic carbocycles. The summed E-state index contributed by atoms with van der Waals surface area (Å²) in [6, 6.07) is 0. The molecule has 0 atom stereocenters. The van der Waals surface area contributed by atoms with Gasteiger partial charge in [-0.25, -0.2) is 4.57 Å². The Labute approximate surface area is 71.2 Å². The lowest BCUT2D eigenvalue weighted by Gasteiger charge is -2.04. The van der Waals surface area contributed by atoms with E-state index in [1.165, 1.54) is 0 Å². The second kappa shape index (κ2) is 6.34. The minimum atomic E-state index is -4.30. The van der Waals surface area contributed by atoms with Crippen LogP contribution in [-0.4, -0.2) is 29.6 Å². The van der Waals surface area contributed by atoms with Gasteiger partial charge in [-0.2, -0.15) is 0 Å². The molecule has 0 aliphatic heterocycles. The first kappa shape index (κ1) is 11.8. The van der Waals surface area contributed by atoms with Gasteiger partial charge in [0.1, 0.15) is 0 Å². The number of ether oxygens (including phenoxy) is 1. The Hall–Kier alpha value is -0.190. The quantitative estimate of drug-likeness (QED) is 0.356. The lowest BCUT2D eigenvalue weighted by atomic mass is 10.5. The van der Waals surface area contributed by atoms with Gasteiger partial charge in [-0.3, -0.25) is 4.52 Å². The van der Waals surface area contributed by atoms with Gasteiger partial charge in [0.25, 0.3) is 0 Å². The van der Waals surface area contributed by atoms with Gasteiger partial charge in [-0.05, 0) is 6.42 Å². The van der Waals surface area contributed by atoms with Crippen molar-refractivity contribution in [2.24, 2.45) is 0 Å². The SMILES string of the molecule is C=CCOCCCOP(=O)(O)O. The van der Waals surface area contributed by atoms with Crippen LogP contribution in [0.2, 0.25) is 0 Å². The van der Waals surface area contributed by atoms with Gasteiger partial charge in [-0.15, -0.1) is 6.58 Å². The van der Waals surface area contributed by atoms with Gasteiger partial charge >= 0.3 is 7.82 Å². The Balaban J connectivity index is 3.11. The normalized spacial score (nSPS) is 11.5. The second-order valence-corrected chi connectivity index (χ2v) is 3.28. The third-order valence-corrected chi connectivity index (χ3v) is 1.45. The summed E-state index contributed by atoms with van der Waals surface area (Å²) in [6.07, 6.45) is 2.06. The summed E-state index contributed by atoms with van der Waals surface area (Å²) in [6.45, 7) is 4.29. The Bertz CT molecular complexity index is 163. The first-order valence-electron chi connectivity index (χ1n) is 3.45. The molecule has 6 heteroatoms. The fourth-order valence-electron chi connectivity index (χ4n) is 0.511. The van der Waals surface area contributed by atoms with E-state index in [9.17, 15) is 4.57 Å². The minimum absolute atomic E-state index is 0.00141. The maximum absolute atomic E-state index is 10.1. The topological polar surface area (TPSA) is 76.0 Å². The molecule has 5 nitrogen and oxygen atoms in total. The van der Waals surface area contributed by atoms with E-state index in [-0.39, 0.29) is 6.61 Å². The molecule has 2 N–H and O–H groups in total. The molecule has 0 fully saturated rings. The van der Waals surface area contributed by atoms with E-state index in [0.717, 1.165) is 0 Å². The summed E-state index contributed by atoms with van der Waals surface area (Å²) in [4.78, 5) is 16.5. The van der Waals surface area contributed by atoms with Crippen molar-refractivity contribution in [3.63, 3.8) is 0 Å². The van der Waals surface area contributed by atoms with Crippen molar-refractivity contribution in [2.75, 3.05) is 19.8 Å². The van der Waals surface area contributed by atoms with Gasteiger partial charge in [0.15, 0.2) is 0 Å². The van der Waals surface area contributed by atoms with Gasteiger partial charge in [0.05, 0.1) is 13.2 Å². The van der Waals surface area contributed by atoms with Crippen LogP contribution in [-0.2, 0) is 13.8 Å². The molecule has 0 saturated heterocycles. The summed E-state index contributed by atoms with van der Waals surface area (Å²) >= 11 is 0. The molecule has 72 valence electrons. The number of phosphoric ester groups is 1. The van der Waals surface area contributed by atoms with Crippen molar-refractivity contribution in [3.05, 3.63) is 12.7 Å². The van der Waals surface area contributed by atoms with Crippen molar-refractivity contribution in [3.8, 4) is 0 Å². The predicted octanol–water partition coefficient (Wildman–Crippen LogP) is 0.688. The summed E-state index contributed by atoms with van der Waals surface area (Å²) in [5.74, 6) is 0. The monoisotopic (exact) mass is 196 g/mol. The number of hydrogen-bond donors (Lipinski definition) is 2. The largest absolute Gasteiger partial charge is 0.469 e. The first-order valence-corrected chi connectivity index (χ1v) is 4.98. The zero-order valence-corrected chi connectivity index (χ0v) is 7.57. The molecule has 0 spiro atoms. The van der Waals surface area contributed by atoms with Crippen LogP contribution in [0.4, 0.5) is 0 Å². The van der Waals surface area contributed by atoms with Crippen LogP contribution < -0.4 is 0 Å². The third-order valence-electron chi connectivity index (χ3n) is 0.928. The fourth-order valence-corrected chi connectivity index (χ4v) is 0.878. The molecule has 0 aromatic heterocycles. The van der Waals surface area contributed by atoms with E-state index in [4.69, 9.17) is 14.5 Å². The molecule has 0 heterocycles. The van der Waals surface area contributed by atoms with Gasteiger partial charge in [0.2, 0.25) is 0 Å². The third kappa shape index (κ3) is 9.81. The Morgan fingerprint density at radius 3 is 2.58 bits per heavy atom. The van der Waals surface area contributed by atoms with Crippen molar-refractivity contribution in [1.29, 1.82) is 0 Å². The molecule has 0 bridgehead atoms. The Kier molecular flexibility index (Phi) is 6.24. The van der Waals surface area contributed by atoms with E-state index in [1.54, 1.807) is 6.08 Å². The summed E-state index contributed by atoms with van der Waals surface area (Å²) < 4.78 is 19.3. The Morgan fingerprint density at radius 2 is 2.08 bits per heavy atom. The highest BCUT2D eigenvalue weighted by Gasteiger charge is 2.12. The molecule has 0 aromatic rings. The maximum atomic E-state index is 10.1. The van der Waals surface area contributed by atoms with Crippen LogP contribution in [0, 0.1) is 0 Å². The van der Waals surface area contributed by atoms with Crippen LogP contribution in [0.1, 0.15) is 6.42 Å². The molecular formula is C6H13O5P. The van der Waals surface area contributed by atoms with Crippen molar-refractivity contribution in [1.82, 2.24) is 0 Å². The smallest absolute Gasteiger partial charge is 0.377 e. The fraction of sp³-hybridized carbons (Fsp3) is 0.667. The van der Waals surface area contributed by atoms with Gasteiger partial charge in [0, 0.05) is 6.61 Å². The molecule has 0 saturated carbocycles. The predicted molar refractivity (Wildman–Crippen MR) is 43.6 cm³/mol. The molecule has 0 unspecified atom stereocenters. The van der Waals surface area contributed by atoms with Crippen LogP contribution in [0.5, 0.6) is 0 Å². The minimum Gasteiger partial charge on any atom is -0.377 e. The van der Waals surface area contributed by atoms with Crippen LogP contribution in [0.3, 0.4) is 0 Å². The van der Waals surface area contributed by atoms with Crippen LogP contribution in [0.15, 0.2) is 12.7 Å². The maximum Gasteiger partial charge on any atom is 0.469 e. The molecular weight excluding hydrogens is 183 g/mol. The number of hydrogen-bond acceptors (Lipinski definition) is 3. The van der Waals surface area contributed by atoms with Gasteiger partial charge in [-0.1, -0.05) is 6.08 Å². The van der Waals surface area contributed by atoms with Crippen molar-refractivity contribution < 1.29 is 23.6 Å². The molecule has 0 aromatic carbocycles. The summed E-state index contributed by atoms with van der Waals surface area (Å²) in [5, 5.41) is 0. The zero-order chi connectivity index (χ0) is 9.45. The van der Waals surface area contributed by atoms with E-state index in [0.29, 0.717) is 19.6 Å². The van der Waals surface area contributed by atoms with E-state index in [1.807, 2.05) is 0 Å². The summed E-state index contributed by atoms with van der Waals surface area (Å²) in [7, 11) is -4.30. The number of rotatable bonds is 7. The van der Waals surface area contributed by atoms with Crippen LogP contribution in [0.25, 0.3) is 0 Å². The van der Waals surface area contributed by atoms with Gasteiger partial charge < -0.3 is 14.5 Å². The average Bonchev–Trinajstić information content (AvgIpc) is 1.94. The summed E-state index contributed by atoms with van der Waals surface area (Å²) in [5.41, 5.74) is 0. The van der Waals surface area contributed by atoms with Crippen molar-refractivity contribution in [2.45, 2.75) is 6.42 Å². The van der Waals surface area contributed by atoms with E-state index < -0.39 is 7.82 Å². The molecule has 0 amide bonds. The molecule has 0 rings (SSSR count). The molecule has 12 heavy (non-hydrogen) atoms. The standard InChI is InChI=1S/C6H13O5P/c1-2-4-10-5-3-6-11-12(7,8)9/h2H,1,3-6H2,(H2,7,8,9). The van der Waals surface area contributed by atoms with Crippen LogP contribution >= 0.6 is 7.82 Å². The lowest BCUT2D eigenvalue weighted by Crippen LogP contribution is -1.99. The number of phosphoric acid groups is 1. The average molecular weight is 196 g/mol. The highest BCUT2D eigenvalue weighted by molar-refractivity contribution is 7.46.